The SMILES string of the molecule is CC(Br)C(=O)NC(CN(C)C)c1ccccc1. The molecule has 1 aromatic rings. The Bertz CT molecular complexity index is 352. The number of carbonyl (C=O) groups is 1. The van der Waals surface area contributed by atoms with Gasteiger partial charge in [-0.3, -0.25) is 4.79 Å². The number of carbonyl (C=O) groups excluding carboxylic acids is 1. The number of halogens is 1. The van der Waals surface area contributed by atoms with Gasteiger partial charge in [0.05, 0.1) is 10.9 Å². The van der Waals surface area contributed by atoms with Crippen LogP contribution >= 0.6 is 15.9 Å². The number of benzene rings is 1. The number of amides is 1. The number of nitrogens with zero attached hydrogens (tertiary/aromatic N) is 1. The first kappa shape index (κ1) is 14.2. The molecule has 17 heavy (non-hydrogen) atoms. The molecule has 1 rings (SSSR count). The highest BCUT2D eigenvalue weighted by Crippen LogP contribution is 2.14. The number of rotatable bonds is 5. The fourth-order valence-electron chi connectivity index (χ4n) is 1.57. The second-order valence-electron chi connectivity index (χ2n) is 4.35. The number of hydrogen-bond donors (Lipinski definition) is 1. The van der Waals surface area contributed by atoms with Crippen molar-refractivity contribution in [1.82, 2.24) is 10.2 Å². The van der Waals surface area contributed by atoms with E-state index in [0.717, 1.165) is 12.1 Å². The third kappa shape index (κ3) is 4.88. The van der Waals surface area contributed by atoms with Crippen molar-refractivity contribution in [1.29, 1.82) is 0 Å². The molecule has 2 atom stereocenters. The minimum absolute atomic E-state index is 0.0145. The molecular weight excluding hydrogens is 280 g/mol. The van der Waals surface area contributed by atoms with Gasteiger partial charge in [-0.25, -0.2) is 0 Å². The Morgan fingerprint density at radius 3 is 2.41 bits per heavy atom. The predicted octanol–water partition coefficient (Wildman–Crippen LogP) is 2.19. The zero-order valence-electron chi connectivity index (χ0n) is 10.5. The summed E-state index contributed by atoms with van der Waals surface area (Å²) in [6, 6.07) is 10.0. The van der Waals surface area contributed by atoms with Crippen molar-refractivity contribution < 1.29 is 4.79 Å². The van der Waals surface area contributed by atoms with Crippen LogP contribution in [-0.4, -0.2) is 36.3 Å². The van der Waals surface area contributed by atoms with Crippen molar-refractivity contribution in [3.63, 3.8) is 0 Å². The molecule has 1 N–H and O–H groups in total. The summed E-state index contributed by atoms with van der Waals surface area (Å²) in [5, 5.41) is 3.04. The molecule has 1 amide bonds. The maximum atomic E-state index is 11.7. The summed E-state index contributed by atoms with van der Waals surface area (Å²) in [4.78, 5) is 13.6. The maximum absolute atomic E-state index is 11.7. The van der Waals surface area contributed by atoms with Crippen LogP contribution in [0, 0.1) is 0 Å². The van der Waals surface area contributed by atoms with E-state index in [1.165, 1.54) is 0 Å². The number of likely N-dealkylation sites (N-methyl/N-ethyl adjacent to an activating group) is 1. The molecule has 0 aliphatic carbocycles. The summed E-state index contributed by atoms with van der Waals surface area (Å²) in [6.07, 6.45) is 0. The largest absolute Gasteiger partial charge is 0.347 e. The van der Waals surface area contributed by atoms with E-state index >= 15 is 0 Å². The number of alkyl halides is 1. The van der Waals surface area contributed by atoms with Crippen LogP contribution in [0.4, 0.5) is 0 Å². The highest BCUT2D eigenvalue weighted by molar-refractivity contribution is 9.10. The lowest BCUT2D eigenvalue weighted by molar-refractivity contribution is -0.121. The van der Waals surface area contributed by atoms with Crippen molar-refractivity contribution in [2.75, 3.05) is 20.6 Å². The topological polar surface area (TPSA) is 32.3 Å². The first-order valence-corrected chi connectivity index (χ1v) is 6.56. The van der Waals surface area contributed by atoms with Gasteiger partial charge in [-0.2, -0.15) is 0 Å². The lowest BCUT2D eigenvalue weighted by Gasteiger charge is -2.23. The van der Waals surface area contributed by atoms with Gasteiger partial charge >= 0.3 is 0 Å². The quantitative estimate of drug-likeness (QED) is 0.845. The van der Waals surface area contributed by atoms with E-state index in [-0.39, 0.29) is 16.8 Å². The normalized spacial score (nSPS) is 14.4. The average Bonchev–Trinajstić information content (AvgIpc) is 2.28. The van der Waals surface area contributed by atoms with Gasteiger partial charge in [-0.05, 0) is 26.6 Å². The van der Waals surface area contributed by atoms with E-state index < -0.39 is 0 Å². The van der Waals surface area contributed by atoms with Crippen LogP contribution < -0.4 is 5.32 Å². The van der Waals surface area contributed by atoms with Gasteiger partial charge in [-0.1, -0.05) is 46.3 Å². The van der Waals surface area contributed by atoms with Gasteiger partial charge in [0.1, 0.15) is 0 Å². The average molecular weight is 299 g/mol. The zero-order valence-corrected chi connectivity index (χ0v) is 12.1. The van der Waals surface area contributed by atoms with E-state index in [4.69, 9.17) is 0 Å². The maximum Gasteiger partial charge on any atom is 0.234 e. The summed E-state index contributed by atoms with van der Waals surface area (Å²) in [5.74, 6) is 0.0145. The molecule has 1 aromatic carbocycles. The molecule has 2 unspecified atom stereocenters. The summed E-state index contributed by atoms with van der Waals surface area (Å²) in [6.45, 7) is 2.61. The highest BCUT2D eigenvalue weighted by atomic mass is 79.9. The molecule has 3 nitrogen and oxygen atoms in total. The highest BCUT2D eigenvalue weighted by Gasteiger charge is 2.17. The third-order valence-corrected chi connectivity index (χ3v) is 2.84. The van der Waals surface area contributed by atoms with Crippen LogP contribution in [0.2, 0.25) is 0 Å². The molecule has 4 heteroatoms. The van der Waals surface area contributed by atoms with E-state index in [2.05, 4.69) is 26.1 Å². The van der Waals surface area contributed by atoms with Gasteiger partial charge in [0.15, 0.2) is 0 Å². The van der Waals surface area contributed by atoms with Crippen LogP contribution in [0.5, 0.6) is 0 Å². The van der Waals surface area contributed by atoms with Crippen molar-refractivity contribution in [2.45, 2.75) is 17.8 Å². The predicted molar refractivity (Wildman–Crippen MR) is 74.3 cm³/mol. The molecule has 0 radical (unpaired) electrons. The van der Waals surface area contributed by atoms with E-state index in [1.54, 1.807) is 0 Å². The molecule has 0 spiro atoms. The fourth-order valence-corrected chi connectivity index (χ4v) is 1.70. The van der Waals surface area contributed by atoms with Crippen molar-refractivity contribution in [3.8, 4) is 0 Å². The molecule has 0 aliphatic rings. The Hall–Kier alpha value is -0.870. The van der Waals surface area contributed by atoms with E-state index in [1.807, 2.05) is 51.4 Å². The van der Waals surface area contributed by atoms with Gasteiger partial charge < -0.3 is 10.2 Å². The van der Waals surface area contributed by atoms with Gasteiger partial charge in [-0.15, -0.1) is 0 Å². The lowest BCUT2D eigenvalue weighted by Crippen LogP contribution is -2.38. The Morgan fingerprint density at radius 1 is 1.35 bits per heavy atom. The number of nitrogens with one attached hydrogen (secondary N) is 1. The molecule has 94 valence electrons. The van der Waals surface area contributed by atoms with Gasteiger partial charge in [0.25, 0.3) is 0 Å². The fraction of sp³-hybridized carbons (Fsp3) is 0.462. The smallest absolute Gasteiger partial charge is 0.234 e. The Kier molecular flexibility index (Phi) is 5.65. The minimum Gasteiger partial charge on any atom is -0.347 e. The summed E-state index contributed by atoms with van der Waals surface area (Å²) < 4.78 is 0. The Morgan fingerprint density at radius 2 is 1.94 bits per heavy atom. The van der Waals surface area contributed by atoms with Crippen molar-refractivity contribution >= 4 is 21.8 Å². The molecule has 0 fully saturated rings. The van der Waals surface area contributed by atoms with E-state index in [0.29, 0.717) is 0 Å². The van der Waals surface area contributed by atoms with Crippen LogP contribution in [0.3, 0.4) is 0 Å². The number of hydrogen-bond acceptors (Lipinski definition) is 2. The van der Waals surface area contributed by atoms with Crippen molar-refractivity contribution in [2.24, 2.45) is 0 Å². The first-order valence-electron chi connectivity index (χ1n) is 5.65. The second kappa shape index (κ2) is 6.77. The van der Waals surface area contributed by atoms with Crippen LogP contribution in [0.25, 0.3) is 0 Å². The second-order valence-corrected chi connectivity index (χ2v) is 5.72. The van der Waals surface area contributed by atoms with Crippen LogP contribution in [0.15, 0.2) is 30.3 Å². The van der Waals surface area contributed by atoms with E-state index in [9.17, 15) is 4.79 Å². The summed E-state index contributed by atoms with van der Waals surface area (Å²) in [7, 11) is 4.00. The molecule has 0 saturated carbocycles. The van der Waals surface area contributed by atoms with Crippen molar-refractivity contribution in [3.05, 3.63) is 35.9 Å². The standard InChI is InChI=1S/C13H19BrN2O/c1-10(14)13(17)15-12(9-16(2)3)11-7-5-4-6-8-11/h4-8,10,12H,9H2,1-3H3,(H,15,17). The van der Waals surface area contributed by atoms with Gasteiger partial charge in [0.2, 0.25) is 5.91 Å². The Balaban J connectivity index is 2.78. The lowest BCUT2D eigenvalue weighted by atomic mass is 10.1. The van der Waals surface area contributed by atoms with Gasteiger partial charge in [0, 0.05) is 6.54 Å². The molecule has 0 bridgehead atoms. The first-order chi connectivity index (χ1) is 8.00. The van der Waals surface area contributed by atoms with Crippen LogP contribution in [0.1, 0.15) is 18.5 Å². The Labute approximate surface area is 111 Å². The zero-order chi connectivity index (χ0) is 12.8. The van der Waals surface area contributed by atoms with Crippen LogP contribution in [-0.2, 0) is 4.79 Å². The summed E-state index contributed by atoms with van der Waals surface area (Å²) >= 11 is 3.28. The molecule has 0 heterocycles. The monoisotopic (exact) mass is 298 g/mol. The molecule has 0 aliphatic heterocycles. The molecule has 0 aromatic heterocycles. The molecule has 0 saturated heterocycles. The third-order valence-electron chi connectivity index (χ3n) is 2.43. The summed E-state index contributed by atoms with van der Waals surface area (Å²) in [5.41, 5.74) is 1.13. The minimum atomic E-state index is -0.170. The molecular formula is C13H19BrN2O.